The van der Waals surface area contributed by atoms with Crippen LogP contribution in [0.25, 0.3) is 0 Å². The number of nitrogens with zero attached hydrogens (tertiary/aromatic N) is 1. The van der Waals surface area contributed by atoms with E-state index in [0.717, 1.165) is 42.8 Å². The number of halogens is 1. The van der Waals surface area contributed by atoms with E-state index in [1.54, 1.807) is 23.5 Å². The highest BCUT2D eigenvalue weighted by atomic mass is 35.5. The largest absolute Gasteiger partial charge is 0.496 e. The zero-order valence-corrected chi connectivity index (χ0v) is 15.9. The van der Waals surface area contributed by atoms with Crippen molar-refractivity contribution in [3.8, 4) is 5.75 Å². The highest BCUT2D eigenvalue weighted by molar-refractivity contribution is 7.89. The van der Waals surface area contributed by atoms with Crippen molar-refractivity contribution in [2.75, 3.05) is 26.7 Å². The van der Waals surface area contributed by atoms with Crippen LogP contribution in [0.15, 0.2) is 17.0 Å². The number of methoxy groups -OCH3 is 1. The van der Waals surface area contributed by atoms with E-state index in [-0.39, 0.29) is 18.4 Å². The second-order valence-corrected chi connectivity index (χ2v) is 7.74. The third kappa shape index (κ3) is 4.18. The zero-order chi connectivity index (χ0) is 16.3. The molecule has 1 fully saturated rings. The van der Waals surface area contributed by atoms with E-state index in [4.69, 9.17) is 4.74 Å². The van der Waals surface area contributed by atoms with Gasteiger partial charge in [0, 0.05) is 19.1 Å². The van der Waals surface area contributed by atoms with Gasteiger partial charge in [-0.25, -0.2) is 8.42 Å². The molecule has 1 unspecified atom stereocenters. The lowest BCUT2D eigenvalue weighted by atomic mass is 10.1. The monoisotopic (exact) mass is 362 g/mol. The molecule has 23 heavy (non-hydrogen) atoms. The van der Waals surface area contributed by atoms with Crippen LogP contribution >= 0.6 is 12.4 Å². The van der Waals surface area contributed by atoms with Crippen LogP contribution < -0.4 is 10.1 Å². The average Bonchev–Trinajstić information content (AvgIpc) is 2.97. The number of aryl methyl sites for hydroxylation is 2. The Morgan fingerprint density at radius 1 is 1.30 bits per heavy atom. The maximum atomic E-state index is 13.1. The van der Waals surface area contributed by atoms with Gasteiger partial charge in [0.2, 0.25) is 10.0 Å². The van der Waals surface area contributed by atoms with Crippen LogP contribution in [-0.4, -0.2) is 45.5 Å². The first-order valence-electron chi connectivity index (χ1n) is 7.79. The fourth-order valence-electron chi connectivity index (χ4n) is 3.12. The maximum absolute atomic E-state index is 13.1. The van der Waals surface area contributed by atoms with Gasteiger partial charge in [-0.2, -0.15) is 4.31 Å². The third-order valence-electron chi connectivity index (χ3n) is 4.13. The normalized spacial score (nSPS) is 18.0. The Labute approximate surface area is 145 Å². The smallest absolute Gasteiger partial charge is 0.243 e. The van der Waals surface area contributed by atoms with Crippen molar-refractivity contribution in [2.45, 2.75) is 44.6 Å². The van der Waals surface area contributed by atoms with E-state index in [9.17, 15) is 8.42 Å². The molecule has 1 aliphatic heterocycles. The van der Waals surface area contributed by atoms with Crippen molar-refractivity contribution in [2.24, 2.45) is 0 Å². The maximum Gasteiger partial charge on any atom is 0.243 e. The van der Waals surface area contributed by atoms with Gasteiger partial charge in [0.05, 0.1) is 12.0 Å². The highest BCUT2D eigenvalue weighted by Gasteiger charge is 2.33. The minimum absolute atomic E-state index is 0. The summed E-state index contributed by atoms with van der Waals surface area (Å²) < 4.78 is 33.1. The fourth-order valence-corrected chi connectivity index (χ4v) is 5.04. The Bertz CT molecular complexity index is 605. The van der Waals surface area contributed by atoms with E-state index in [1.165, 1.54) is 0 Å². The topological polar surface area (TPSA) is 58.6 Å². The number of rotatable bonds is 6. The number of hydrogen-bond donors (Lipinski definition) is 1. The van der Waals surface area contributed by atoms with Crippen molar-refractivity contribution in [1.82, 2.24) is 9.62 Å². The molecule has 1 aliphatic rings. The first kappa shape index (κ1) is 20.2. The molecule has 0 aliphatic carbocycles. The van der Waals surface area contributed by atoms with Crippen LogP contribution in [0, 0.1) is 13.8 Å². The van der Waals surface area contributed by atoms with Crippen LogP contribution in [0.5, 0.6) is 5.75 Å². The predicted octanol–water partition coefficient (Wildman–Crippen LogP) is 2.50. The van der Waals surface area contributed by atoms with Crippen molar-refractivity contribution in [3.05, 3.63) is 23.3 Å². The molecule has 2 rings (SSSR count). The summed E-state index contributed by atoms with van der Waals surface area (Å²) in [5.74, 6) is 0.753. The summed E-state index contributed by atoms with van der Waals surface area (Å²) in [6.07, 6.45) is 1.68. The molecule has 1 heterocycles. The summed E-state index contributed by atoms with van der Waals surface area (Å²) in [6.45, 7) is 7.93. The van der Waals surface area contributed by atoms with Gasteiger partial charge in [-0.05, 0) is 56.5 Å². The lowest BCUT2D eigenvalue weighted by molar-refractivity contribution is 0.335. The van der Waals surface area contributed by atoms with E-state index < -0.39 is 10.0 Å². The first-order valence-corrected chi connectivity index (χ1v) is 9.23. The number of nitrogens with one attached hydrogen (secondary N) is 1. The fraction of sp³-hybridized carbons (Fsp3) is 0.625. The van der Waals surface area contributed by atoms with Gasteiger partial charge in [-0.3, -0.25) is 0 Å². The van der Waals surface area contributed by atoms with Gasteiger partial charge in [0.1, 0.15) is 5.75 Å². The molecule has 5 nitrogen and oxygen atoms in total. The molecule has 0 amide bonds. The lowest BCUT2D eigenvalue weighted by Crippen LogP contribution is -2.42. The van der Waals surface area contributed by atoms with Crippen LogP contribution in [-0.2, 0) is 10.0 Å². The molecule has 0 spiro atoms. The SMILES string of the molecule is CCCN(C1CCNC1)S(=O)(=O)c1cc(C)c(OC)c(C)c1.Cl. The van der Waals surface area contributed by atoms with E-state index in [1.807, 2.05) is 20.8 Å². The summed E-state index contributed by atoms with van der Waals surface area (Å²) >= 11 is 0. The van der Waals surface area contributed by atoms with E-state index >= 15 is 0 Å². The Morgan fingerprint density at radius 2 is 1.91 bits per heavy atom. The number of sulfonamides is 1. The molecule has 0 saturated carbocycles. The van der Waals surface area contributed by atoms with Gasteiger partial charge in [-0.1, -0.05) is 6.92 Å². The Kier molecular flexibility index (Phi) is 7.32. The Morgan fingerprint density at radius 3 is 2.35 bits per heavy atom. The molecule has 0 bridgehead atoms. The Hall–Kier alpha value is -0.820. The highest BCUT2D eigenvalue weighted by Crippen LogP contribution is 2.29. The van der Waals surface area contributed by atoms with Crippen molar-refractivity contribution < 1.29 is 13.2 Å². The second-order valence-electron chi connectivity index (χ2n) is 5.85. The van der Waals surface area contributed by atoms with Gasteiger partial charge in [0.25, 0.3) is 0 Å². The van der Waals surface area contributed by atoms with E-state index in [2.05, 4.69) is 5.32 Å². The van der Waals surface area contributed by atoms with Crippen LogP contribution in [0.4, 0.5) is 0 Å². The van der Waals surface area contributed by atoms with Crippen LogP contribution in [0.1, 0.15) is 30.9 Å². The van der Waals surface area contributed by atoms with Crippen molar-refractivity contribution >= 4 is 22.4 Å². The predicted molar refractivity (Wildman–Crippen MR) is 95.2 cm³/mol. The summed E-state index contributed by atoms with van der Waals surface area (Å²) in [5.41, 5.74) is 1.70. The number of hydrogen-bond acceptors (Lipinski definition) is 4. The number of ether oxygens (including phenoxy) is 1. The summed E-state index contributed by atoms with van der Waals surface area (Å²) in [4.78, 5) is 0.364. The minimum atomic E-state index is -3.48. The molecule has 0 radical (unpaired) electrons. The molecule has 1 saturated heterocycles. The Balaban J connectivity index is 0.00000264. The van der Waals surface area contributed by atoms with Crippen molar-refractivity contribution in [1.29, 1.82) is 0 Å². The standard InChI is InChI=1S/C16H26N2O3S.ClH/c1-5-8-18(14-6-7-17-11-14)22(19,20)15-9-12(2)16(21-4)13(3)10-15;/h9-10,14,17H,5-8,11H2,1-4H3;1H. The quantitative estimate of drug-likeness (QED) is 0.844. The molecular weight excluding hydrogens is 336 g/mol. The molecule has 132 valence electrons. The molecule has 1 atom stereocenters. The van der Waals surface area contributed by atoms with Gasteiger partial charge in [-0.15, -0.1) is 12.4 Å². The van der Waals surface area contributed by atoms with Crippen molar-refractivity contribution in [3.63, 3.8) is 0 Å². The van der Waals surface area contributed by atoms with Gasteiger partial charge < -0.3 is 10.1 Å². The van der Waals surface area contributed by atoms with Crippen LogP contribution in [0.2, 0.25) is 0 Å². The van der Waals surface area contributed by atoms with Gasteiger partial charge >= 0.3 is 0 Å². The molecule has 1 N–H and O–H groups in total. The summed E-state index contributed by atoms with van der Waals surface area (Å²) in [6, 6.07) is 3.48. The first-order chi connectivity index (χ1) is 10.4. The van der Waals surface area contributed by atoms with Crippen LogP contribution in [0.3, 0.4) is 0 Å². The lowest BCUT2D eigenvalue weighted by Gasteiger charge is -2.27. The third-order valence-corrected chi connectivity index (χ3v) is 6.06. The second kappa shape index (κ2) is 8.33. The average molecular weight is 363 g/mol. The molecule has 7 heteroatoms. The molecule has 0 aromatic heterocycles. The molecule has 1 aromatic carbocycles. The minimum Gasteiger partial charge on any atom is -0.496 e. The molecular formula is C16H27ClN2O3S. The zero-order valence-electron chi connectivity index (χ0n) is 14.3. The molecule has 1 aromatic rings. The summed E-state index contributed by atoms with van der Waals surface area (Å²) in [5, 5.41) is 3.25. The van der Waals surface area contributed by atoms with Gasteiger partial charge in [0.15, 0.2) is 0 Å². The number of benzene rings is 1. The summed E-state index contributed by atoms with van der Waals surface area (Å²) in [7, 11) is -1.87. The van der Waals surface area contributed by atoms with E-state index in [0.29, 0.717) is 11.4 Å².